The van der Waals surface area contributed by atoms with Crippen molar-refractivity contribution < 1.29 is 23.1 Å². The summed E-state index contributed by atoms with van der Waals surface area (Å²) in [5.41, 5.74) is 4.15. The number of hydrogen-bond acceptors (Lipinski definition) is 5. The molecule has 118 valence electrons. The molecule has 0 aliphatic heterocycles. The van der Waals surface area contributed by atoms with Gasteiger partial charge in [-0.3, -0.25) is 4.98 Å². The second-order valence-corrected chi connectivity index (χ2v) is 4.61. The smallest absolute Gasteiger partial charge is 0.418 e. The number of aromatic nitrogens is 4. The Bertz CT molecular complexity index is 920. The minimum atomic E-state index is -4.67. The molecule has 3 heterocycles. The number of fused-ring (bicyclic) bond motifs is 1. The van der Waals surface area contributed by atoms with Crippen LogP contribution in [0.5, 0.6) is 0 Å². The molecule has 23 heavy (non-hydrogen) atoms. The third-order valence-corrected chi connectivity index (χ3v) is 3.17. The maximum absolute atomic E-state index is 13.2. The van der Waals surface area contributed by atoms with E-state index in [1.54, 1.807) is 0 Å². The van der Waals surface area contributed by atoms with Crippen LogP contribution < -0.4 is 5.73 Å². The molecule has 0 fully saturated rings. The SMILES string of the molecule is Nc1ncnn2c(-c3cncc(C(=O)O)c3)cc(C(F)(F)F)c12. The third kappa shape index (κ3) is 2.43. The van der Waals surface area contributed by atoms with Gasteiger partial charge in [-0.2, -0.15) is 18.3 Å². The highest BCUT2D eigenvalue weighted by Crippen LogP contribution is 2.38. The van der Waals surface area contributed by atoms with Crippen LogP contribution in [0.3, 0.4) is 0 Å². The quantitative estimate of drug-likeness (QED) is 0.748. The molecule has 0 amide bonds. The van der Waals surface area contributed by atoms with Crippen molar-refractivity contribution in [3.63, 3.8) is 0 Å². The molecule has 3 N–H and O–H groups in total. The van der Waals surface area contributed by atoms with E-state index >= 15 is 0 Å². The number of nitrogens with two attached hydrogens (primary N) is 1. The fraction of sp³-hybridized carbons (Fsp3) is 0.0769. The van der Waals surface area contributed by atoms with Crippen LogP contribution in [0.4, 0.5) is 19.0 Å². The van der Waals surface area contributed by atoms with Crippen molar-refractivity contribution in [2.45, 2.75) is 6.18 Å². The summed E-state index contributed by atoms with van der Waals surface area (Å²) in [5.74, 6) is -1.58. The van der Waals surface area contributed by atoms with Gasteiger partial charge in [-0.05, 0) is 12.1 Å². The van der Waals surface area contributed by atoms with Crippen molar-refractivity contribution in [2.24, 2.45) is 0 Å². The summed E-state index contributed by atoms with van der Waals surface area (Å²) in [6.45, 7) is 0. The summed E-state index contributed by atoms with van der Waals surface area (Å²) in [7, 11) is 0. The van der Waals surface area contributed by atoms with Crippen LogP contribution in [0.25, 0.3) is 16.8 Å². The highest BCUT2D eigenvalue weighted by atomic mass is 19.4. The Balaban J connectivity index is 2.33. The fourth-order valence-corrected chi connectivity index (χ4v) is 2.19. The zero-order valence-corrected chi connectivity index (χ0v) is 11.2. The number of pyridine rings is 1. The first-order chi connectivity index (χ1) is 10.8. The molecule has 7 nitrogen and oxygen atoms in total. The maximum atomic E-state index is 13.2. The summed E-state index contributed by atoms with van der Waals surface area (Å²) < 4.78 is 40.6. The van der Waals surface area contributed by atoms with Crippen LogP contribution in [0, 0.1) is 0 Å². The number of hydrogen-bond donors (Lipinski definition) is 2. The Morgan fingerprint density at radius 1 is 1.26 bits per heavy atom. The van der Waals surface area contributed by atoms with Gasteiger partial charge in [0.05, 0.1) is 16.8 Å². The van der Waals surface area contributed by atoms with Crippen LogP contribution in [-0.4, -0.2) is 30.7 Å². The van der Waals surface area contributed by atoms with Gasteiger partial charge < -0.3 is 10.8 Å². The van der Waals surface area contributed by atoms with Gasteiger partial charge in [-0.1, -0.05) is 0 Å². The molecule has 3 aromatic rings. The molecule has 3 rings (SSSR count). The topological polar surface area (TPSA) is 106 Å². The Hall–Kier alpha value is -3.17. The third-order valence-electron chi connectivity index (χ3n) is 3.17. The van der Waals surface area contributed by atoms with Gasteiger partial charge >= 0.3 is 12.1 Å². The largest absolute Gasteiger partial charge is 0.478 e. The average Bonchev–Trinajstić information content (AvgIpc) is 2.88. The van der Waals surface area contributed by atoms with E-state index in [1.807, 2.05) is 0 Å². The minimum Gasteiger partial charge on any atom is -0.478 e. The number of carbonyl (C=O) groups is 1. The van der Waals surface area contributed by atoms with Gasteiger partial charge in [0.25, 0.3) is 0 Å². The monoisotopic (exact) mass is 323 g/mol. The summed E-state index contributed by atoms with van der Waals surface area (Å²) in [6, 6.07) is 2.04. The normalized spacial score (nSPS) is 11.8. The van der Waals surface area contributed by atoms with Crippen molar-refractivity contribution in [3.8, 4) is 11.3 Å². The zero-order chi connectivity index (χ0) is 16.8. The lowest BCUT2D eigenvalue weighted by molar-refractivity contribution is -0.136. The number of carboxylic acid groups (broad SMARTS) is 1. The van der Waals surface area contributed by atoms with E-state index in [1.165, 1.54) is 12.3 Å². The molecule has 0 aliphatic rings. The average molecular weight is 323 g/mol. The number of halogens is 3. The zero-order valence-electron chi connectivity index (χ0n) is 11.2. The molecule has 0 unspecified atom stereocenters. The molecule has 0 bridgehead atoms. The number of alkyl halides is 3. The number of rotatable bonds is 2. The van der Waals surface area contributed by atoms with Crippen molar-refractivity contribution in [2.75, 3.05) is 5.73 Å². The molecule has 0 aliphatic carbocycles. The van der Waals surface area contributed by atoms with Crippen molar-refractivity contribution in [3.05, 3.63) is 42.0 Å². The summed E-state index contributed by atoms with van der Waals surface area (Å²) in [5, 5.41) is 12.8. The van der Waals surface area contributed by atoms with Gasteiger partial charge in [-0.25, -0.2) is 14.3 Å². The molecule has 10 heteroatoms. The summed E-state index contributed by atoms with van der Waals surface area (Å²) >= 11 is 0. The number of nitrogen functional groups attached to an aromatic ring is 1. The van der Waals surface area contributed by atoms with Crippen LogP contribution in [0.2, 0.25) is 0 Å². The van der Waals surface area contributed by atoms with E-state index < -0.39 is 23.2 Å². The van der Waals surface area contributed by atoms with E-state index in [2.05, 4.69) is 15.1 Å². The molecule has 0 saturated heterocycles. The molecule has 0 radical (unpaired) electrons. The Morgan fingerprint density at radius 2 is 2.00 bits per heavy atom. The van der Waals surface area contributed by atoms with Crippen molar-refractivity contribution >= 4 is 17.3 Å². The fourth-order valence-electron chi connectivity index (χ4n) is 2.19. The van der Waals surface area contributed by atoms with Crippen molar-refractivity contribution in [1.82, 2.24) is 19.6 Å². The lowest BCUT2D eigenvalue weighted by atomic mass is 10.1. The van der Waals surface area contributed by atoms with E-state index in [0.717, 1.165) is 23.1 Å². The number of anilines is 1. The molecule has 0 atom stereocenters. The second kappa shape index (κ2) is 4.93. The molecular formula is C13H8F3N5O2. The highest BCUT2D eigenvalue weighted by Gasteiger charge is 2.36. The van der Waals surface area contributed by atoms with Crippen LogP contribution in [0.1, 0.15) is 15.9 Å². The number of aromatic carboxylic acids is 1. The Kier molecular flexibility index (Phi) is 3.17. The van der Waals surface area contributed by atoms with E-state index in [-0.39, 0.29) is 22.6 Å². The molecular weight excluding hydrogens is 315 g/mol. The van der Waals surface area contributed by atoms with Crippen LogP contribution in [-0.2, 0) is 6.18 Å². The highest BCUT2D eigenvalue weighted by molar-refractivity contribution is 5.89. The van der Waals surface area contributed by atoms with Gasteiger partial charge in [0, 0.05) is 18.0 Å². The first kappa shape index (κ1) is 14.8. The van der Waals surface area contributed by atoms with Crippen molar-refractivity contribution in [1.29, 1.82) is 0 Å². The van der Waals surface area contributed by atoms with E-state index in [9.17, 15) is 18.0 Å². The lowest BCUT2D eigenvalue weighted by Crippen LogP contribution is -2.07. The first-order valence-corrected chi connectivity index (χ1v) is 6.17. The molecule has 0 aromatic carbocycles. The Morgan fingerprint density at radius 3 is 2.65 bits per heavy atom. The number of nitrogens with zero attached hydrogens (tertiary/aromatic N) is 4. The second-order valence-electron chi connectivity index (χ2n) is 4.61. The molecule has 0 spiro atoms. The summed E-state index contributed by atoms with van der Waals surface area (Å²) in [6.07, 6.45) is -1.32. The first-order valence-electron chi connectivity index (χ1n) is 6.17. The number of carboxylic acids is 1. The Labute approximate surface area is 126 Å². The standard InChI is InChI=1S/C13H8F3N5O2/c14-13(15,16)8-2-9(21-10(8)11(17)19-5-20-21)6-1-7(12(22)23)4-18-3-6/h1-5H,(H,22,23)(H2,17,19,20). The van der Waals surface area contributed by atoms with Gasteiger partial charge in [-0.15, -0.1) is 0 Å². The lowest BCUT2D eigenvalue weighted by Gasteiger charge is -2.05. The maximum Gasteiger partial charge on any atom is 0.418 e. The minimum absolute atomic E-state index is 0.0111. The molecule has 3 aromatic heterocycles. The van der Waals surface area contributed by atoms with Gasteiger partial charge in [0.2, 0.25) is 0 Å². The predicted octanol–water partition coefficient (Wildman–Crippen LogP) is 2.09. The summed E-state index contributed by atoms with van der Waals surface area (Å²) in [4.78, 5) is 18.3. The molecule has 0 saturated carbocycles. The van der Waals surface area contributed by atoms with Crippen LogP contribution in [0.15, 0.2) is 30.9 Å². The van der Waals surface area contributed by atoms with E-state index in [4.69, 9.17) is 10.8 Å². The predicted molar refractivity (Wildman–Crippen MR) is 72.6 cm³/mol. The van der Waals surface area contributed by atoms with Crippen LogP contribution >= 0.6 is 0 Å². The van der Waals surface area contributed by atoms with E-state index in [0.29, 0.717) is 0 Å². The van der Waals surface area contributed by atoms with Gasteiger partial charge in [0.1, 0.15) is 11.8 Å². The van der Waals surface area contributed by atoms with Gasteiger partial charge in [0.15, 0.2) is 5.82 Å².